The Morgan fingerprint density at radius 1 is 1.32 bits per heavy atom. The number of hydrogen-bond acceptors (Lipinski definition) is 3. The molecule has 118 valence electrons. The highest BCUT2D eigenvalue weighted by Crippen LogP contribution is 2.36. The van der Waals surface area contributed by atoms with Crippen LogP contribution in [0.5, 0.6) is 0 Å². The summed E-state index contributed by atoms with van der Waals surface area (Å²) in [6, 6.07) is 2.35. The van der Waals surface area contributed by atoms with Crippen LogP contribution in [-0.2, 0) is 9.59 Å². The molecule has 0 unspecified atom stereocenters. The third kappa shape index (κ3) is 2.67. The number of hydrogen-bond donors (Lipinski definition) is 0. The molecule has 3 aliphatic rings. The molecular weight excluding hydrogens is 296 g/mol. The van der Waals surface area contributed by atoms with Crippen LogP contribution in [0.3, 0.4) is 0 Å². The molecule has 4 nitrogen and oxygen atoms in total. The van der Waals surface area contributed by atoms with E-state index in [1.165, 1.54) is 18.4 Å². The number of nitrogens with zero attached hydrogens (tertiary/aromatic N) is 2. The van der Waals surface area contributed by atoms with E-state index in [9.17, 15) is 9.59 Å². The maximum absolute atomic E-state index is 12.9. The summed E-state index contributed by atoms with van der Waals surface area (Å²) in [6.07, 6.45) is 5.02. The first-order valence-corrected chi connectivity index (χ1v) is 9.27. The lowest BCUT2D eigenvalue weighted by molar-refractivity contribution is -0.136. The van der Waals surface area contributed by atoms with Crippen LogP contribution in [0.2, 0.25) is 0 Å². The Morgan fingerprint density at radius 2 is 2.18 bits per heavy atom. The third-order valence-corrected chi connectivity index (χ3v) is 5.90. The van der Waals surface area contributed by atoms with Crippen LogP contribution >= 0.6 is 11.3 Å². The molecule has 1 aliphatic carbocycles. The Balaban J connectivity index is 1.43. The molecular formula is C17H22N2O2S. The van der Waals surface area contributed by atoms with E-state index in [4.69, 9.17) is 0 Å². The maximum atomic E-state index is 12.9. The summed E-state index contributed by atoms with van der Waals surface area (Å²) in [5.41, 5.74) is 1.26. The minimum absolute atomic E-state index is 0.120. The molecule has 2 amide bonds. The van der Waals surface area contributed by atoms with E-state index in [0.29, 0.717) is 18.9 Å². The molecule has 0 aromatic carbocycles. The van der Waals surface area contributed by atoms with Crippen molar-refractivity contribution in [1.29, 1.82) is 0 Å². The first-order valence-electron chi connectivity index (χ1n) is 8.32. The number of amides is 2. The van der Waals surface area contributed by atoms with E-state index in [2.05, 4.69) is 16.8 Å². The van der Waals surface area contributed by atoms with Crippen molar-refractivity contribution < 1.29 is 9.59 Å². The highest BCUT2D eigenvalue weighted by atomic mass is 32.1. The highest BCUT2D eigenvalue weighted by Gasteiger charge is 2.41. The summed E-state index contributed by atoms with van der Waals surface area (Å²) < 4.78 is 0. The van der Waals surface area contributed by atoms with Crippen molar-refractivity contribution in [1.82, 2.24) is 9.80 Å². The molecule has 0 N–H and O–H groups in total. The second-order valence-corrected chi connectivity index (χ2v) is 7.67. The van der Waals surface area contributed by atoms with Gasteiger partial charge in [-0.1, -0.05) is 0 Å². The van der Waals surface area contributed by atoms with Gasteiger partial charge in [-0.2, -0.15) is 11.3 Å². The minimum Gasteiger partial charge on any atom is -0.342 e. The molecule has 1 saturated carbocycles. The SMILES string of the molecule is O=C1C[C@H](C(=O)N2CCC[C@@H]2c2ccsc2)CN1CC1CC1. The fourth-order valence-corrected chi connectivity index (χ4v) is 4.51. The number of thiophene rings is 1. The van der Waals surface area contributed by atoms with Gasteiger partial charge in [0.05, 0.1) is 12.0 Å². The van der Waals surface area contributed by atoms with Crippen molar-refractivity contribution in [2.45, 2.75) is 38.1 Å². The Labute approximate surface area is 135 Å². The number of likely N-dealkylation sites (tertiary alicyclic amines) is 2. The first kappa shape index (κ1) is 14.2. The highest BCUT2D eigenvalue weighted by molar-refractivity contribution is 7.07. The van der Waals surface area contributed by atoms with E-state index >= 15 is 0 Å². The van der Waals surface area contributed by atoms with Crippen molar-refractivity contribution in [3.63, 3.8) is 0 Å². The molecule has 0 spiro atoms. The number of carbonyl (C=O) groups is 2. The lowest BCUT2D eigenvalue weighted by Crippen LogP contribution is -2.37. The normalized spacial score (nSPS) is 28.6. The van der Waals surface area contributed by atoms with Crippen LogP contribution in [0, 0.1) is 11.8 Å². The van der Waals surface area contributed by atoms with Crippen LogP contribution in [-0.4, -0.2) is 41.2 Å². The molecule has 22 heavy (non-hydrogen) atoms. The molecule has 5 heteroatoms. The molecule has 0 radical (unpaired) electrons. The minimum atomic E-state index is -0.120. The molecule has 3 heterocycles. The van der Waals surface area contributed by atoms with Crippen LogP contribution < -0.4 is 0 Å². The predicted molar refractivity (Wildman–Crippen MR) is 85.4 cm³/mol. The average molecular weight is 318 g/mol. The van der Waals surface area contributed by atoms with Crippen molar-refractivity contribution in [3.05, 3.63) is 22.4 Å². The monoisotopic (exact) mass is 318 g/mol. The van der Waals surface area contributed by atoms with Crippen molar-refractivity contribution in [2.75, 3.05) is 19.6 Å². The van der Waals surface area contributed by atoms with Gasteiger partial charge in [-0.15, -0.1) is 0 Å². The van der Waals surface area contributed by atoms with Gasteiger partial charge in [0.25, 0.3) is 0 Å². The zero-order valence-electron chi connectivity index (χ0n) is 12.7. The van der Waals surface area contributed by atoms with Crippen molar-refractivity contribution in [3.8, 4) is 0 Å². The van der Waals surface area contributed by atoms with Gasteiger partial charge in [0.2, 0.25) is 11.8 Å². The van der Waals surface area contributed by atoms with E-state index in [-0.39, 0.29) is 23.8 Å². The quantitative estimate of drug-likeness (QED) is 0.856. The van der Waals surface area contributed by atoms with Gasteiger partial charge in [0.15, 0.2) is 0 Å². The Kier molecular flexibility index (Phi) is 3.68. The second-order valence-electron chi connectivity index (χ2n) is 6.89. The molecule has 2 saturated heterocycles. The van der Waals surface area contributed by atoms with Gasteiger partial charge in [-0.05, 0) is 54.0 Å². The predicted octanol–water partition coefficient (Wildman–Crippen LogP) is 2.67. The van der Waals surface area contributed by atoms with Crippen molar-refractivity contribution >= 4 is 23.2 Å². The van der Waals surface area contributed by atoms with Crippen LogP contribution in [0.25, 0.3) is 0 Å². The van der Waals surface area contributed by atoms with Gasteiger partial charge in [-0.25, -0.2) is 0 Å². The van der Waals surface area contributed by atoms with Crippen LogP contribution in [0.15, 0.2) is 16.8 Å². The first-order chi connectivity index (χ1) is 10.7. The fraction of sp³-hybridized carbons (Fsp3) is 0.647. The smallest absolute Gasteiger partial charge is 0.228 e. The summed E-state index contributed by atoms with van der Waals surface area (Å²) in [5, 5.41) is 4.22. The van der Waals surface area contributed by atoms with Gasteiger partial charge < -0.3 is 9.80 Å². The summed E-state index contributed by atoms with van der Waals surface area (Å²) in [6.45, 7) is 2.35. The average Bonchev–Trinajstić information content (AvgIpc) is 2.96. The molecule has 2 aliphatic heterocycles. The third-order valence-electron chi connectivity index (χ3n) is 5.20. The Hall–Kier alpha value is -1.36. The fourth-order valence-electron chi connectivity index (χ4n) is 3.80. The summed E-state index contributed by atoms with van der Waals surface area (Å²) in [4.78, 5) is 29.0. The zero-order chi connectivity index (χ0) is 15.1. The van der Waals surface area contributed by atoms with Gasteiger partial charge in [-0.3, -0.25) is 9.59 Å². The topological polar surface area (TPSA) is 40.6 Å². The Bertz CT molecular complexity index is 567. The number of carbonyl (C=O) groups excluding carboxylic acids is 2. The van der Waals surface area contributed by atoms with Gasteiger partial charge >= 0.3 is 0 Å². The van der Waals surface area contributed by atoms with E-state index in [1.807, 2.05) is 9.80 Å². The molecule has 1 aromatic rings. The summed E-state index contributed by atoms with van der Waals surface area (Å²) in [7, 11) is 0. The molecule has 1 aromatic heterocycles. The van der Waals surface area contributed by atoms with Gasteiger partial charge in [0, 0.05) is 26.1 Å². The van der Waals surface area contributed by atoms with E-state index in [0.717, 1.165) is 25.9 Å². The largest absolute Gasteiger partial charge is 0.342 e. The lowest BCUT2D eigenvalue weighted by Gasteiger charge is -2.27. The zero-order valence-corrected chi connectivity index (χ0v) is 13.6. The lowest BCUT2D eigenvalue weighted by atomic mass is 10.0. The number of rotatable bonds is 4. The maximum Gasteiger partial charge on any atom is 0.228 e. The van der Waals surface area contributed by atoms with E-state index < -0.39 is 0 Å². The second kappa shape index (κ2) is 5.69. The van der Waals surface area contributed by atoms with Crippen LogP contribution in [0.1, 0.15) is 43.7 Å². The molecule has 4 rings (SSSR count). The van der Waals surface area contributed by atoms with Gasteiger partial charge in [0.1, 0.15) is 0 Å². The molecule has 3 fully saturated rings. The van der Waals surface area contributed by atoms with Crippen LogP contribution in [0.4, 0.5) is 0 Å². The van der Waals surface area contributed by atoms with E-state index in [1.54, 1.807) is 11.3 Å². The summed E-state index contributed by atoms with van der Waals surface area (Å²) >= 11 is 1.69. The van der Waals surface area contributed by atoms with Crippen molar-refractivity contribution in [2.24, 2.45) is 11.8 Å². The standard InChI is InChI=1S/C17H22N2O2S/c20-16-8-14(10-18(16)9-12-3-4-12)17(21)19-6-1-2-15(19)13-5-7-22-11-13/h5,7,11-12,14-15H,1-4,6,8-10H2/t14-,15+/m0/s1. The summed E-state index contributed by atoms with van der Waals surface area (Å²) in [5.74, 6) is 0.950. The molecule has 2 atom stereocenters. The molecule has 0 bridgehead atoms. The Morgan fingerprint density at radius 3 is 2.91 bits per heavy atom.